The van der Waals surface area contributed by atoms with Gasteiger partial charge in [-0.3, -0.25) is 0 Å². The summed E-state index contributed by atoms with van der Waals surface area (Å²) in [6.45, 7) is 2.31. The SMILES string of the molecule is CC1CCC(c2nsc(Br)n2)C1. The fraction of sp³-hybridized carbons (Fsp3) is 0.750. The zero-order chi connectivity index (χ0) is 8.55. The highest BCUT2D eigenvalue weighted by atomic mass is 79.9. The molecule has 2 rings (SSSR count). The van der Waals surface area contributed by atoms with Crippen molar-refractivity contribution in [1.29, 1.82) is 0 Å². The van der Waals surface area contributed by atoms with Gasteiger partial charge in [-0.05, 0) is 52.6 Å². The minimum absolute atomic E-state index is 0.627. The zero-order valence-electron chi connectivity index (χ0n) is 6.96. The van der Waals surface area contributed by atoms with E-state index in [1.807, 2.05) is 0 Å². The van der Waals surface area contributed by atoms with E-state index in [9.17, 15) is 0 Å². The summed E-state index contributed by atoms with van der Waals surface area (Å²) >= 11 is 4.79. The molecule has 1 aromatic rings. The Balaban J connectivity index is 2.11. The number of nitrogens with zero attached hydrogens (tertiary/aromatic N) is 2. The molecule has 0 N–H and O–H groups in total. The van der Waals surface area contributed by atoms with Crippen LogP contribution in [0.3, 0.4) is 0 Å². The molecule has 0 radical (unpaired) electrons. The highest BCUT2D eigenvalue weighted by molar-refractivity contribution is 9.11. The molecule has 0 bridgehead atoms. The molecule has 4 heteroatoms. The molecule has 0 amide bonds. The first-order chi connectivity index (χ1) is 5.75. The van der Waals surface area contributed by atoms with Gasteiger partial charge in [0.1, 0.15) is 5.82 Å². The van der Waals surface area contributed by atoms with Crippen molar-refractivity contribution in [1.82, 2.24) is 9.36 Å². The number of halogens is 1. The summed E-state index contributed by atoms with van der Waals surface area (Å²) in [5.41, 5.74) is 0. The van der Waals surface area contributed by atoms with Crippen molar-refractivity contribution in [2.24, 2.45) is 5.92 Å². The van der Waals surface area contributed by atoms with Crippen molar-refractivity contribution in [3.8, 4) is 0 Å². The number of aromatic nitrogens is 2. The van der Waals surface area contributed by atoms with E-state index >= 15 is 0 Å². The first-order valence-electron chi connectivity index (χ1n) is 4.25. The van der Waals surface area contributed by atoms with Gasteiger partial charge in [-0.1, -0.05) is 6.92 Å². The maximum atomic E-state index is 4.35. The third-order valence-corrected chi connectivity index (χ3v) is 3.61. The third kappa shape index (κ3) is 1.69. The van der Waals surface area contributed by atoms with Crippen LogP contribution in [0.2, 0.25) is 0 Å². The molecular formula is C8H11BrN2S. The second kappa shape index (κ2) is 3.42. The first-order valence-corrected chi connectivity index (χ1v) is 5.81. The van der Waals surface area contributed by atoms with E-state index in [0.717, 1.165) is 15.7 Å². The Labute approximate surface area is 84.7 Å². The van der Waals surface area contributed by atoms with Crippen molar-refractivity contribution < 1.29 is 0 Å². The van der Waals surface area contributed by atoms with Crippen molar-refractivity contribution >= 4 is 27.5 Å². The lowest BCUT2D eigenvalue weighted by atomic mass is 10.1. The Bertz CT molecular complexity index is 274. The number of hydrogen-bond donors (Lipinski definition) is 0. The topological polar surface area (TPSA) is 25.8 Å². The molecule has 0 saturated heterocycles. The molecule has 1 saturated carbocycles. The Morgan fingerprint density at radius 3 is 2.83 bits per heavy atom. The average Bonchev–Trinajstić information content (AvgIpc) is 2.58. The third-order valence-electron chi connectivity index (χ3n) is 2.48. The molecule has 2 nitrogen and oxygen atoms in total. The lowest BCUT2D eigenvalue weighted by Gasteiger charge is -2.02. The second-order valence-electron chi connectivity index (χ2n) is 3.52. The zero-order valence-corrected chi connectivity index (χ0v) is 9.36. The maximum absolute atomic E-state index is 4.35. The van der Waals surface area contributed by atoms with Crippen molar-refractivity contribution in [3.63, 3.8) is 0 Å². The van der Waals surface area contributed by atoms with Gasteiger partial charge in [0, 0.05) is 5.92 Å². The van der Waals surface area contributed by atoms with E-state index in [1.54, 1.807) is 0 Å². The monoisotopic (exact) mass is 246 g/mol. The first kappa shape index (κ1) is 8.63. The van der Waals surface area contributed by atoms with Crippen LogP contribution in [0.1, 0.15) is 37.9 Å². The van der Waals surface area contributed by atoms with Crippen LogP contribution in [-0.2, 0) is 0 Å². The summed E-state index contributed by atoms with van der Waals surface area (Å²) < 4.78 is 5.23. The molecule has 1 heterocycles. The predicted octanol–water partition coefficient (Wildman–Crippen LogP) is 3.20. The van der Waals surface area contributed by atoms with Crippen molar-refractivity contribution in [2.45, 2.75) is 32.1 Å². The average molecular weight is 247 g/mol. The summed E-state index contributed by atoms with van der Waals surface area (Å²) in [6, 6.07) is 0. The molecule has 1 aromatic heterocycles. The quantitative estimate of drug-likeness (QED) is 0.761. The van der Waals surface area contributed by atoms with Crippen molar-refractivity contribution in [3.05, 3.63) is 9.74 Å². The fourth-order valence-electron chi connectivity index (χ4n) is 1.82. The maximum Gasteiger partial charge on any atom is 0.179 e. The molecule has 2 atom stereocenters. The van der Waals surface area contributed by atoms with E-state index < -0.39 is 0 Å². The van der Waals surface area contributed by atoms with E-state index in [0.29, 0.717) is 5.92 Å². The molecule has 66 valence electrons. The van der Waals surface area contributed by atoms with Gasteiger partial charge in [0.15, 0.2) is 3.92 Å². The molecule has 0 spiro atoms. The normalized spacial score (nSPS) is 29.5. The fourth-order valence-corrected chi connectivity index (χ4v) is 2.71. The lowest BCUT2D eigenvalue weighted by molar-refractivity contribution is 0.588. The van der Waals surface area contributed by atoms with Crippen LogP contribution >= 0.6 is 27.5 Å². The van der Waals surface area contributed by atoms with Crippen LogP contribution in [0.5, 0.6) is 0 Å². The Morgan fingerprint density at radius 2 is 2.33 bits per heavy atom. The molecule has 1 aliphatic rings. The van der Waals surface area contributed by atoms with Gasteiger partial charge in [-0.15, -0.1) is 0 Å². The minimum atomic E-state index is 0.627. The van der Waals surface area contributed by atoms with Gasteiger partial charge < -0.3 is 0 Å². The van der Waals surface area contributed by atoms with Crippen LogP contribution in [0.15, 0.2) is 3.92 Å². The van der Waals surface area contributed by atoms with Gasteiger partial charge in [0.25, 0.3) is 0 Å². The molecule has 0 aromatic carbocycles. The highest BCUT2D eigenvalue weighted by Crippen LogP contribution is 2.37. The van der Waals surface area contributed by atoms with Crippen LogP contribution in [0, 0.1) is 5.92 Å². The van der Waals surface area contributed by atoms with Gasteiger partial charge in [0.05, 0.1) is 0 Å². The van der Waals surface area contributed by atoms with Crippen LogP contribution in [0.4, 0.5) is 0 Å². The van der Waals surface area contributed by atoms with E-state index in [1.165, 1.54) is 30.8 Å². The van der Waals surface area contributed by atoms with Gasteiger partial charge in [0.2, 0.25) is 0 Å². The molecule has 12 heavy (non-hydrogen) atoms. The Morgan fingerprint density at radius 1 is 1.50 bits per heavy atom. The number of hydrogen-bond acceptors (Lipinski definition) is 3. The second-order valence-corrected chi connectivity index (χ2v) is 5.55. The van der Waals surface area contributed by atoms with Crippen molar-refractivity contribution in [2.75, 3.05) is 0 Å². The number of rotatable bonds is 1. The van der Waals surface area contributed by atoms with Gasteiger partial charge in [-0.25, -0.2) is 4.98 Å². The van der Waals surface area contributed by atoms with E-state index in [4.69, 9.17) is 0 Å². The van der Waals surface area contributed by atoms with Crippen LogP contribution in [-0.4, -0.2) is 9.36 Å². The molecule has 2 unspecified atom stereocenters. The Hall–Kier alpha value is 0.0400. The van der Waals surface area contributed by atoms with Crippen LogP contribution < -0.4 is 0 Å². The highest BCUT2D eigenvalue weighted by Gasteiger charge is 2.25. The summed E-state index contributed by atoms with van der Waals surface area (Å²) in [7, 11) is 0. The smallest absolute Gasteiger partial charge is 0.179 e. The largest absolute Gasteiger partial charge is 0.212 e. The molecule has 1 fully saturated rings. The molecule has 1 aliphatic carbocycles. The van der Waals surface area contributed by atoms with E-state index in [-0.39, 0.29) is 0 Å². The van der Waals surface area contributed by atoms with Crippen LogP contribution in [0.25, 0.3) is 0 Å². The Kier molecular flexibility index (Phi) is 2.46. The minimum Gasteiger partial charge on any atom is -0.212 e. The molecule has 0 aliphatic heterocycles. The summed E-state index contributed by atoms with van der Waals surface area (Å²) in [6.07, 6.45) is 3.87. The summed E-state index contributed by atoms with van der Waals surface area (Å²) in [5.74, 6) is 2.54. The van der Waals surface area contributed by atoms with E-state index in [2.05, 4.69) is 32.2 Å². The molecular weight excluding hydrogens is 236 g/mol. The summed E-state index contributed by atoms with van der Waals surface area (Å²) in [5, 5.41) is 0. The standard InChI is InChI=1S/C8H11BrN2S/c1-5-2-3-6(4-5)7-10-8(9)12-11-7/h5-6H,2-4H2,1H3. The van der Waals surface area contributed by atoms with Gasteiger partial charge in [-0.2, -0.15) is 4.37 Å². The van der Waals surface area contributed by atoms with Gasteiger partial charge >= 0.3 is 0 Å². The summed E-state index contributed by atoms with van der Waals surface area (Å²) in [4.78, 5) is 4.35. The predicted molar refractivity (Wildman–Crippen MR) is 53.4 cm³/mol. The lowest BCUT2D eigenvalue weighted by Crippen LogP contribution is -1.95.